The molecule has 0 saturated carbocycles. The lowest BCUT2D eigenvalue weighted by Crippen LogP contribution is -2.24. The zero-order valence-corrected chi connectivity index (χ0v) is 18.3. The smallest absolute Gasteiger partial charge is 0.178 e. The molecule has 0 bridgehead atoms. The van der Waals surface area contributed by atoms with Gasteiger partial charge in [-0.05, 0) is 47.2 Å². The van der Waals surface area contributed by atoms with Gasteiger partial charge in [-0.15, -0.1) is 0 Å². The van der Waals surface area contributed by atoms with Gasteiger partial charge < -0.3 is 9.80 Å². The van der Waals surface area contributed by atoms with E-state index in [1.807, 2.05) is 0 Å². The Bertz CT molecular complexity index is 982. The molecule has 0 radical (unpaired) electrons. The van der Waals surface area contributed by atoms with Gasteiger partial charge in [0.05, 0.1) is 0 Å². The minimum absolute atomic E-state index is 0.477. The Morgan fingerprint density at radius 3 is 1.89 bits per heavy atom. The summed E-state index contributed by atoms with van der Waals surface area (Å²) in [7, 11) is 0. The van der Waals surface area contributed by atoms with Crippen molar-refractivity contribution in [2.75, 3.05) is 16.5 Å². The van der Waals surface area contributed by atoms with Crippen LogP contribution in [0.4, 0.5) is 23.0 Å². The first-order chi connectivity index (χ1) is 13.5. The minimum Gasteiger partial charge on any atom is -0.305 e. The van der Waals surface area contributed by atoms with E-state index >= 15 is 0 Å². The summed E-state index contributed by atoms with van der Waals surface area (Å²) in [6.07, 6.45) is 3.52. The minimum atomic E-state index is 0.477. The number of halogens is 1. The van der Waals surface area contributed by atoms with E-state index in [-0.39, 0.29) is 0 Å². The maximum absolute atomic E-state index is 4.63. The summed E-state index contributed by atoms with van der Waals surface area (Å²) in [5.74, 6) is 2.78. The molecule has 5 heteroatoms. The zero-order chi connectivity index (χ0) is 19.8. The lowest BCUT2D eigenvalue weighted by molar-refractivity contribution is 0.859. The van der Waals surface area contributed by atoms with Crippen molar-refractivity contribution in [1.29, 1.82) is 0 Å². The van der Waals surface area contributed by atoms with Gasteiger partial charge in [0, 0.05) is 28.2 Å². The quantitative estimate of drug-likeness (QED) is 0.453. The highest BCUT2D eigenvalue weighted by Gasteiger charge is 2.30. The Hall–Kier alpha value is -2.40. The van der Waals surface area contributed by atoms with Gasteiger partial charge in [-0.2, -0.15) is 0 Å². The van der Waals surface area contributed by atoms with E-state index in [0.29, 0.717) is 18.5 Å². The fraction of sp³-hybridized carbons (Fsp3) is 0.304. The molecule has 0 fully saturated rings. The van der Waals surface area contributed by atoms with Crippen LogP contribution in [-0.4, -0.2) is 16.6 Å². The van der Waals surface area contributed by atoms with Gasteiger partial charge in [0.2, 0.25) is 0 Å². The topological polar surface area (TPSA) is 32.3 Å². The van der Waals surface area contributed by atoms with Crippen molar-refractivity contribution in [3.05, 3.63) is 70.5 Å². The molecule has 0 spiro atoms. The largest absolute Gasteiger partial charge is 0.305 e. The van der Waals surface area contributed by atoms with Crippen LogP contribution in [0.3, 0.4) is 0 Å². The lowest BCUT2D eigenvalue weighted by atomic mass is 10.0. The number of nitrogens with zero attached hydrogens (tertiary/aromatic N) is 4. The van der Waals surface area contributed by atoms with Crippen molar-refractivity contribution in [2.24, 2.45) is 0 Å². The molecule has 1 aliphatic rings. The average molecular weight is 437 g/mol. The molecule has 1 aliphatic heterocycles. The predicted octanol–water partition coefficient (Wildman–Crippen LogP) is 6.73. The van der Waals surface area contributed by atoms with E-state index in [2.05, 4.69) is 106 Å². The van der Waals surface area contributed by atoms with Crippen molar-refractivity contribution in [2.45, 2.75) is 39.5 Å². The number of benzene rings is 2. The van der Waals surface area contributed by atoms with Crippen molar-refractivity contribution >= 4 is 38.9 Å². The standard InChI is InChI=1S/C23H25BrN4/c1-15(2)17-5-7-18(8-6-17)27-14-28(23-22(27)25-11-12-26-23)19-9-10-20(16(3)4)21(24)13-19/h5-13,15-16H,14H2,1-4H3. The third kappa shape index (κ3) is 3.39. The number of aromatic nitrogens is 2. The first-order valence-electron chi connectivity index (χ1n) is 9.71. The molecule has 3 aromatic rings. The molecule has 0 saturated heterocycles. The Morgan fingerprint density at radius 2 is 1.36 bits per heavy atom. The normalized spacial score (nSPS) is 13.5. The third-order valence-electron chi connectivity index (χ3n) is 5.24. The SMILES string of the molecule is CC(C)c1ccc(N2CN(c3ccc(C(C)C)c(Br)c3)c3nccnc32)cc1. The van der Waals surface area contributed by atoms with E-state index in [1.165, 1.54) is 11.1 Å². The molecule has 0 unspecified atom stereocenters. The molecule has 28 heavy (non-hydrogen) atoms. The van der Waals surface area contributed by atoms with Gasteiger partial charge in [-0.1, -0.05) is 61.8 Å². The maximum atomic E-state index is 4.63. The summed E-state index contributed by atoms with van der Waals surface area (Å²) in [5, 5.41) is 0. The van der Waals surface area contributed by atoms with E-state index < -0.39 is 0 Å². The fourth-order valence-electron chi connectivity index (χ4n) is 3.58. The van der Waals surface area contributed by atoms with E-state index in [9.17, 15) is 0 Å². The monoisotopic (exact) mass is 436 g/mol. The molecule has 0 aliphatic carbocycles. The average Bonchev–Trinajstić information content (AvgIpc) is 3.07. The Labute approximate surface area is 175 Å². The van der Waals surface area contributed by atoms with Crippen LogP contribution in [0.2, 0.25) is 0 Å². The second-order valence-corrected chi connectivity index (χ2v) is 8.66. The molecule has 0 amide bonds. The Balaban J connectivity index is 1.71. The first kappa shape index (κ1) is 18.9. The van der Waals surface area contributed by atoms with Crippen LogP contribution < -0.4 is 9.80 Å². The van der Waals surface area contributed by atoms with Gasteiger partial charge in [-0.25, -0.2) is 9.97 Å². The maximum Gasteiger partial charge on any atom is 0.178 e. The summed E-state index contributed by atoms with van der Waals surface area (Å²) in [4.78, 5) is 13.7. The molecule has 2 aromatic carbocycles. The summed E-state index contributed by atoms with van der Waals surface area (Å²) in [6.45, 7) is 9.53. The summed E-state index contributed by atoms with van der Waals surface area (Å²) < 4.78 is 1.13. The molecule has 1 aromatic heterocycles. The number of anilines is 4. The van der Waals surface area contributed by atoms with Crippen LogP contribution >= 0.6 is 15.9 Å². The Morgan fingerprint density at radius 1 is 0.786 bits per heavy atom. The van der Waals surface area contributed by atoms with Gasteiger partial charge in [-0.3, -0.25) is 0 Å². The van der Waals surface area contributed by atoms with Crippen molar-refractivity contribution in [1.82, 2.24) is 9.97 Å². The second kappa shape index (κ2) is 7.55. The molecule has 0 N–H and O–H groups in total. The van der Waals surface area contributed by atoms with Crippen LogP contribution in [-0.2, 0) is 0 Å². The molecule has 144 valence electrons. The van der Waals surface area contributed by atoms with Crippen molar-refractivity contribution < 1.29 is 0 Å². The van der Waals surface area contributed by atoms with E-state index in [4.69, 9.17) is 0 Å². The van der Waals surface area contributed by atoms with Crippen LogP contribution in [0.25, 0.3) is 0 Å². The Kier molecular flexibility index (Phi) is 5.11. The van der Waals surface area contributed by atoms with Crippen molar-refractivity contribution in [3.8, 4) is 0 Å². The molecule has 0 atom stereocenters. The number of fused-ring (bicyclic) bond motifs is 1. The third-order valence-corrected chi connectivity index (χ3v) is 5.93. The second-order valence-electron chi connectivity index (χ2n) is 7.81. The molecular weight excluding hydrogens is 412 g/mol. The summed E-state index contributed by atoms with van der Waals surface area (Å²) in [6, 6.07) is 15.3. The van der Waals surface area contributed by atoms with Crippen LogP contribution in [0, 0.1) is 0 Å². The zero-order valence-electron chi connectivity index (χ0n) is 16.7. The van der Waals surface area contributed by atoms with Gasteiger partial charge >= 0.3 is 0 Å². The molecule has 2 heterocycles. The highest BCUT2D eigenvalue weighted by Crippen LogP contribution is 2.42. The van der Waals surface area contributed by atoms with E-state index in [0.717, 1.165) is 27.5 Å². The molecule has 4 nitrogen and oxygen atoms in total. The van der Waals surface area contributed by atoms with Crippen LogP contribution in [0.15, 0.2) is 59.3 Å². The van der Waals surface area contributed by atoms with E-state index in [1.54, 1.807) is 12.4 Å². The molecule has 4 rings (SSSR count). The van der Waals surface area contributed by atoms with Crippen LogP contribution in [0.1, 0.15) is 50.7 Å². The van der Waals surface area contributed by atoms with Gasteiger partial charge in [0.25, 0.3) is 0 Å². The van der Waals surface area contributed by atoms with Crippen LogP contribution in [0.5, 0.6) is 0 Å². The highest BCUT2D eigenvalue weighted by molar-refractivity contribution is 9.10. The van der Waals surface area contributed by atoms with Gasteiger partial charge in [0.15, 0.2) is 11.6 Å². The number of rotatable bonds is 4. The number of hydrogen-bond acceptors (Lipinski definition) is 4. The molecular formula is C23H25BrN4. The summed E-state index contributed by atoms with van der Waals surface area (Å²) in [5.41, 5.74) is 4.89. The van der Waals surface area contributed by atoms with Gasteiger partial charge in [0.1, 0.15) is 6.67 Å². The predicted molar refractivity (Wildman–Crippen MR) is 120 cm³/mol. The fourth-order valence-corrected chi connectivity index (χ4v) is 4.40. The summed E-state index contributed by atoms with van der Waals surface area (Å²) >= 11 is 3.74. The first-order valence-corrected chi connectivity index (χ1v) is 10.5. The lowest BCUT2D eigenvalue weighted by Gasteiger charge is -2.22. The van der Waals surface area contributed by atoms with Crippen molar-refractivity contribution in [3.63, 3.8) is 0 Å². The number of hydrogen-bond donors (Lipinski definition) is 0. The highest BCUT2D eigenvalue weighted by atomic mass is 79.9.